The SMILES string of the molecule is CCCCOc1ccc(CCC2CCC(CS(=O)(=O)C(C)C)CC2)cn1. The number of hydrogen-bond donors (Lipinski definition) is 0. The molecular weight excluding hydrogens is 346 g/mol. The van der Waals surface area contributed by atoms with E-state index in [2.05, 4.69) is 18.0 Å². The average molecular weight is 382 g/mol. The van der Waals surface area contributed by atoms with E-state index in [1.807, 2.05) is 12.3 Å². The van der Waals surface area contributed by atoms with E-state index in [0.29, 0.717) is 23.5 Å². The van der Waals surface area contributed by atoms with Crippen LogP contribution < -0.4 is 4.74 Å². The Morgan fingerprint density at radius 2 is 1.85 bits per heavy atom. The highest BCUT2D eigenvalue weighted by Crippen LogP contribution is 2.33. The Bertz CT molecular complexity index is 617. The van der Waals surface area contributed by atoms with Gasteiger partial charge in [-0.2, -0.15) is 0 Å². The van der Waals surface area contributed by atoms with Crippen molar-refractivity contribution >= 4 is 9.84 Å². The van der Waals surface area contributed by atoms with E-state index in [0.717, 1.165) is 51.6 Å². The zero-order chi connectivity index (χ0) is 19.0. The second-order valence-corrected chi connectivity index (χ2v) is 10.6. The topological polar surface area (TPSA) is 56.3 Å². The van der Waals surface area contributed by atoms with Crippen LogP contribution in [-0.4, -0.2) is 31.0 Å². The summed E-state index contributed by atoms with van der Waals surface area (Å²) in [6.07, 6.45) is 10.8. The molecular formula is C21H35NO3S. The number of aryl methyl sites for hydroxylation is 1. The van der Waals surface area contributed by atoms with Crippen molar-refractivity contribution in [1.29, 1.82) is 0 Å². The minimum Gasteiger partial charge on any atom is -0.478 e. The van der Waals surface area contributed by atoms with E-state index in [-0.39, 0.29) is 5.25 Å². The van der Waals surface area contributed by atoms with Crippen LogP contribution in [0.25, 0.3) is 0 Å². The molecule has 1 aliphatic carbocycles. The van der Waals surface area contributed by atoms with E-state index in [1.165, 1.54) is 12.0 Å². The van der Waals surface area contributed by atoms with Crippen molar-refractivity contribution in [2.45, 2.75) is 77.4 Å². The van der Waals surface area contributed by atoms with E-state index in [4.69, 9.17) is 4.74 Å². The molecule has 4 nitrogen and oxygen atoms in total. The molecule has 26 heavy (non-hydrogen) atoms. The van der Waals surface area contributed by atoms with Gasteiger partial charge in [-0.1, -0.05) is 32.3 Å². The van der Waals surface area contributed by atoms with Gasteiger partial charge in [0, 0.05) is 12.3 Å². The number of aromatic nitrogens is 1. The van der Waals surface area contributed by atoms with Gasteiger partial charge in [0.1, 0.15) is 0 Å². The van der Waals surface area contributed by atoms with Crippen LogP contribution >= 0.6 is 0 Å². The zero-order valence-electron chi connectivity index (χ0n) is 16.6. The maximum Gasteiger partial charge on any atom is 0.213 e. The first-order valence-corrected chi connectivity index (χ1v) is 11.9. The highest BCUT2D eigenvalue weighted by atomic mass is 32.2. The molecule has 0 N–H and O–H groups in total. The van der Waals surface area contributed by atoms with Gasteiger partial charge < -0.3 is 4.74 Å². The number of pyridine rings is 1. The lowest BCUT2D eigenvalue weighted by Gasteiger charge is -2.28. The van der Waals surface area contributed by atoms with Crippen LogP contribution in [0.4, 0.5) is 0 Å². The quantitative estimate of drug-likeness (QED) is 0.545. The molecule has 148 valence electrons. The number of rotatable bonds is 10. The summed E-state index contributed by atoms with van der Waals surface area (Å²) in [5.74, 6) is 2.17. The number of hydrogen-bond acceptors (Lipinski definition) is 4. The van der Waals surface area contributed by atoms with Gasteiger partial charge in [0.2, 0.25) is 5.88 Å². The van der Waals surface area contributed by atoms with Crippen LogP contribution in [-0.2, 0) is 16.3 Å². The fraction of sp³-hybridized carbons (Fsp3) is 0.762. The van der Waals surface area contributed by atoms with Gasteiger partial charge in [-0.3, -0.25) is 0 Å². The molecule has 0 aliphatic heterocycles. The fourth-order valence-electron chi connectivity index (χ4n) is 3.54. The van der Waals surface area contributed by atoms with Crippen molar-refractivity contribution in [3.05, 3.63) is 23.9 Å². The van der Waals surface area contributed by atoms with Crippen LogP contribution in [0.3, 0.4) is 0 Å². The summed E-state index contributed by atoms with van der Waals surface area (Å²) in [5.41, 5.74) is 1.26. The molecule has 5 heteroatoms. The van der Waals surface area contributed by atoms with E-state index in [1.54, 1.807) is 13.8 Å². The summed E-state index contributed by atoms with van der Waals surface area (Å²) in [7, 11) is -2.90. The second-order valence-electron chi connectivity index (χ2n) is 8.01. The molecule has 1 aliphatic rings. The van der Waals surface area contributed by atoms with Gasteiger partial charge >= 0.3 is 0 Å². The van der Waals surface area contributed by atoms with E-state index < -0.39 is 9.84 Å². The summed E-state index contributed by atoms with van der Waals surface area (Å²) in [6, 6.07) is 4.09. The maximum absolute atomic E-state index is 12.1. The molecule has 0 spiro atoms. The van der Waals surface area contributed by atoms with Crippen LogP contribution in [0.5, 0.6) is 5.88 Å². The predicted molar refractivity (Wildman–Crippen MR) is 107 cm³/mol. The molecule has 1 saturated carbocycles. The number of unbranched alkanes of at least 4 members (excludes halogenated alkanes) is 1. The highest BCUT2D eigenvalue weighted by molar-refractivity contribution is 7.91. The monoisotopic (exact) mass is 381 g/mol. The Labute approximate surface area is 159 Å². The first-order valence-electron chi connectivity index (χ1n) is 10.2. The minimum absolute atomic E-state index is 0.248. The van der Waals surface area contributed by atoms with Crippen LogP contribution in [0, 0.1) is 11.8 Å². The lowest BCUT2D eigenvalue weighted by atomic mass is 9.80. The highest BCUT2D eigenvalue weighted by Gasteiger charge is 2.27. The fourth-order valence-corrected chi connectivity index (χ4v) is 4.92. The molecule has 1 aromatic heterocycles. The first-order chi connectivity index (χ1) is 12.4. The molecule has 1 aromatic rings. The molecule has 0 bridgehead atoms. The van der Waals surface area contributed by atoms with Gasteiger partial charge in [0.05, 0.1) is 17.6 Å². The average Bonchev–Trinajstić information content (AvgIpc) is 2.62. The summed E-state index contributed by atoms with van der Waals surface area (Å²) in [6.45, 7) is 6.46. The van der Waals surface area contributed by atoms with Gasteiger partial charge in [-0.25, -0.2) is 13.4 Å². The molecule has 2 rings (SSSR count). The van der Waals surface area contributed by atoms with Crippen molar-refractivity contribution in [2.24, 2.45) is 11.8 Å². The Hall–Kier alpha value is -1.10. The van der Waals surface area contributed by atoms with Gasteiger partial charge in [0.15, 0.2) is 9.84 Å². The Kier molecular flexibility index (Phi) is 8.39. The number of ether oxygens (including phenoxy) is 1. The van der Waals surface area contributed by atoms with Crippen molar-refractivity contribution < 1.29 is 13.2 Å². The van der Waals surface area contributed by atoms with Crippen molar-refractivity contribution in [2.75, 3.05) is 12.4 Å². The van der Waals surface area contributed by atoms with Gasteiger partial charge in [-0.05, 0) is 63.4 Å². The van der Waals surface area contributed by atoms with Crippen LogP contribution in [0.2, 0.25) is 0 Å². The molecule has 0 amide bonds. The second kappa shape index (κ2) is 10.3. The third kappa shape index (κ3) is 6.90. The standard InChI is InChI=1S/C21H35NO3S/c1-4-5-14-25-21-13-12-19(15-22-21)9-6-18-7-10-20(11-8-18)16-26(23,24)17(2)3/h12-13,15,17-18,20H,4-11,14,16H2,1-3H3. The predicted octanol–water partition coefficient (Wildman–Crippen LogP) is 4.82. The van der Waals surface area contributed by atoms with Crippen LogP contribution in [0.1, 0.15) is 71.3 Å². The normalized spacial score (nSPS) is 21.1. The van der Waals surface area contributed by atoms with Gasteiger partial charge in [0.25, 0.3) is 0 Å². The summed E-state index contributed by atoms with van der Waals surface area (Å²) in [4.78, 5) is 4.39. The summed E-state index contributed by atoms with van der Waals surface area (Å²) in [5, 5.41) is -0.248. The lowest BCUT2D eigenvalue weighted by molar-refractivity contribution is 0.278. The van der Waals surface area contributed by atoms with Gasteiger partial charge in [-0.15, -0.1) is 0 Å². The maximum atomic E-state index is 12.1. The third-order valence-electron chi connectivity index (χ3n) is 5.54. The zero-order valence-corrected chi connectivity index (χ0v) is 17.4. The third-order valence-corrected chi connectivity index (χ3v) is 7.91. The molecule has 1 fully saturated rings. The molecule has 0 unspecified atom stereocenters. The summed E-state index contributed by atoms with van der Waals surface area (Å²) < 4.78 is 29.8. The van der Waals surface area contributed by atoms with E-state index >= 15 is 0 Å². The Morgan fingerprint density at radius 3 is 2.42 bits per heavy atom. The number of nitrogens with zero attached hydrogens (tertiary/aromatic N) is 1. The lowest BCUT2D eigenvalue weighted by Crippen LogP contribution is -2.26. The van der Waals surface area contributed by atoms with Crippen LogP contribution in [0.15, 0.2) is 18.3 Å². The molecule has 0 radical (unpaired) electrons. The van der Waals surface area contributed by atoms with Crippen molar-refractivity contribution in [3.63, 3.8) is 0 Å². The smallest absolute Gasteiger partial charge is 0.213 e. The Morgan fingerprint density at radius 1 is 1.15 bits per heavy atom. The minimum atomic E-state index is -2.90. The number of sulfone groups is 1. The van der Waals surface area contributed by atoms with Crippen molar-refractivity contribution in [3.8, 4) is 5.88 Å². The van der Waals surface area contributed by atoms with Crippen molar-refractivity contribution in [1.82, 2.24) is 4.98 Å². The largest absolute Gasteiger partial charge is 0.478 e. The Balaban J connectivity index is 1.70. The van der Waals surface area contributed by atoms with E-state index in [9.17, 15) is 8.42 Å². The molecule has 0 aromatic carbocycles. The molecule has 0 saturated heterocycles. The molecule has 0 atom stereocenters. The molecule has 1 heterocycles. The summed E-state index contributed by atoms with van der Waals surface area (Å²) >= 11 is 0. The first kappa shape index (κ1) is 21.2.